The minimum absolute atomic E-state index is 0.849. The van der Waals surface area contributed by atoms with Crippen LogP contribution in [0.5, 0.6) is 0 Å². The van der Waals surface area contributed by atoms with Crippen molar-refractivity contribution in [3.8, 4) is 0 Å². The topological polar surface area (TPSA) is 49.0 Å². The lowest BCUT2D eigenvalue weighted by atomic mass is 10.4. The molecule has 0 saturated carbocycles. The molecular formula is C12H31NO4Si2. The largest absolute Gasteiger partial charge is 0.500 e. The highest BCUT2D eigenvalue weighted by Crippen LogP contribution is 2.14. The van der Waals surface area contributed by atoms with Gasteiger partial charge in [0.2, 0.25) is 0 Å². The molecule has 0 saturated heterocycles. The van der Waals surface area contributed by atoms with E-state index in [-0.39, 0.29) is 0 Å². The summed E-state index contributed by atoms with van der Waals surface area (Å²) in [5.74, 6) is 0. The Balaban J connectivity index is 3.60. The molecule has 0 rings (SSSR count). The Labute approximate surface area is 120 Å². The van der Waals surface area contributed by atoms with Gasteiger partial charge in [0.1, 0.15) is 0 Å². The van der Waals surface area contributed by atoms with Crippen LogP contribution in [0.2, 0.25) is 25.2 Å². The van der Waals surface area contributed by atoms with Crippen molar-refractivity contribution in [1.29, 1.82) is 0 Å². The van der Waals surface area contributed by atoms with E-state index in [9.17, 15) is 0 Å². The fourth-order valence-corrected chi connectivity index (χ4v) is 4.81. The van der Waals surface area contributed by atoms with Crippen molar-refractivity contribution in [2.24, 2.45) is 0 Å². The minimum Gasteiger partial charge on any atom is -0.420 e. The molecular weight excluding hydrogens is 278 g/mol. The molecule has 1 N–H and O–H groups in total. The molecule has 19 heavy (non-hydrogen) atoms. The molecule has 0 aliphatic carbocycles. The van der Waals surface area contributed by atoms with Crippen molar-refractivity contribution < 1.29 is 17.7 Å². The van der Waals surface area contributed by atoms with Crippen LogP contribution in [0.15, 0.2) is 0 Å². The SMILES string of the molecule is CO[Si](C)(C)CCCNCCC[Si](OC)(OC)OC. The van der Waals surface area contributed by atoms with Gasteiger partial charge in [0.15, 0.2) is 8.32 Å². The molecule has 0 unspecified atom stereocenters. The van der Waals surface area contributed by atoms with Crippen LogP contribution in [0.1, 0.15) is 12.8 Å². The molecule has 0 aliphatic heterocycles. The third-order valence-corrected chi connectivity index (χ3v) is 8.95. The zero-order valence-corrected chi connectivity index (χ0v) is 15.4. The molecule has 7 heteroatoms. The molecule has 0 heterocycles. The maximum Gasteiger partial charge on any atom is 0.500 e. The Morgan fingerprint density at radius 1 is 0.737 bits per heavy atom. The van der Waals surface area contributed by atoms with E-state index in [1.54, 1.807) is 21.3 Å². The monoisotopic (exact) mass is 309 g/mol. The molecule has 0 spiro atoms. The Hall–Kier alpha value is 0.234. The highest BCUT2D eigenvalue weighted by Gasteiger charge is 2.36. The molecule has 0 aromatic carbocycles. The van der Waals surface area contributed by atoms with E-state index in [0.29, 0.717) is 0 Å². The summed E-state index contributed by atoms with van der Waals surface area (Å²) in [6.45, 7) is 6.52. The lowest BCUT2D eigenvalue weighted by Crippen LogP contribution is -2.43. The van der Waals surface area contributed by atoms with E-state index < -0.39 is 17.1 Å². The molecule has 0 amide bonds. The lowest BCUT2D eigenvalue weighted by Gasteiger charge is -2.24. The molecule has 0 radical (unpaired) electrons. The number of rotatable bonds is 12. The summed E-state index contributed by atoms with van der Waals surface area (Å²) in [4.78, 5) is 0. The quantitative estimate of drug-likeness (QED) is 0.442. The maximum absolute atomic E-state index is 5.52. The first kappa shape index (κ1) is 19.2. The van der Waals surface area contributed by atoms with Crippen LogP contribution in [0.3, 0.4) is 0 Å². The van der Waals surface area contributed by atoms with Crippen LogP contribution in [-0.2, 0) is 17.7 Å². The summed E-state index contributed by atoms with van der Waals surface area (Å²) < 4.78 is 21.7. The van der Waals surface area contributed by atoms with Gasteiger partial charge in [-0.1, -0.05) is 0 Å². The normalized spacial score (nSPS) is 12.9. The molecule has 0 fully saturated rings. The fourth-order valence-electron chi connectivity index (χ4n) is 1.85. The van der Waals surface area contributed by atoms with Crippen LogP contribution < -0.4 is 5.32 Å². The summed E-state index contributed by atoms with van der Waals surface area (Å²) in [6, 6.07) is 2.05. The van der Waals surface area contributed by atoms with Crippen LogP contribution in [0.4, 0.5) is 0 Å². The average Bonchev–Trinajstić information content (AvgIpc) is 2.43. The summed E-state index contributed by atoms with van der Waals surface area (Å²) >= 11 is 0. The maximum atomic E-state index is 5.52. The van der Waals surface area contributed by atoms with Gasteiger partial charge in [-0.3, -0.25) is 0 Å². The van der Waals surface area contributed by atoms with E-state index in [2.05, 4.69) is 18.4 Å². The van der Waals surface area contributed by atoms with E-state index in [1.165, 1.54) is 12.5 Å². The van der Waals surface area contributed by atoms with Crippen LogP contribution in [0.25, 0.3) is 0 Å². The van der Waals surface area contributed by atoms with Crippen molar-refractivity contribution in [3.63, 3.8) is 0 Å². The highest BCUT2D eigenvalue weighted by molar-refractivity contribution is 6.71. The highest BCUT2D eigenvalue weighted by atomic mass is 28.4. The van der Waals surface area contributed by atoms with Gasteiger partial charge < -0.3 is 23.0 Å². The second-order valence-corrected chi connectivity index (χ2v) is 12.7. The average molecular weight is 310 g/mol. The Morgan fingerprint density at radius 3 is 1.63 bits per heavy atom. The zero-order chi connectivity index (χ0) is 14.8. The van der Waals surface area contributed by atoms with Gasteiger partial charge in [-0.05, 0) is 45.1 Å². The smallest absolute Gasteiger partial charge is 0.420 e. The van der Waals surface area contributed by atoms with Crippen molar-refractivity contribution in [2.75, 3.05) is 41.5 Å². The summed E-state index contributed by atoms with van der Waals surface area (Å²) in [7, 11) is 3.03. The van der Waals surface area contributed by atoms with Crippen LogP contribution >= 0.6 is 0 Å². The molecule has 5 nitrogen and oxygen atoms in total. The van der Waals surface area contributed by atoms with E-state index >= 15 is 0 Å². The van der Waals surface area contributed by atoms with Gasteiger partial charge in [0.25, 0.3) is 0 Å². The van der Waals surface area contributed by atoms with Crippen molar-refractivity contribution in [1.82, 2.24) is 5.32 Å². The van der Waals surface area contributed by atoms with Gasteiger partial charge in [0, 0.05) is 34.5 Å². The van der Waals surface area contributed by atoms with Gasteiger partial charge >= 0.3 is 8.80 Å². The first-order chi connectivity index (χ1) is 8.95. The number of hydrogen-bond acceptors (Lipinski definition) is 5. The third kappa shape index (κ3) is 8.18. The Kier molecular flexibility index (Phi) is 10.2. The molecule has 0 atom stereocenters. The number of hydrogen-bond donors (Lipinski definition) is 1. The number of nitrogens with one attached hydrogen (secondary N) is 1. The molecule has 0 aromatic rings. The second-order valence-electron chi connectivity index (χ2n) is 5.22. The van der Waals surface area contributed by atoms with Crippen molar-refractivity contribution in [2.45, 2.75) is 38.0 Å². The van der Waals surface area contributed by atoms with E-state index in [4.69, 9.17) is 17.7 Å². The minimum atomic E-state index is -2.37. The Morgan fingerprint density at radius 2 is 1.21 bits per heavy atom. The van der Waals surface area contributed by atoms with Crippen LogP contribution in [-0.4, -0.2) is 58.7 Å². The molecule has 0 aromatic heterocycles. The predicted molar refractivity (Wildman–Crippen MR) is 83.0 cm³/mol. The molecule has 116 valence electrons. The van der Waals surface area contributed by atoms with Crippen molar-refractivity contribution in [3.05, 3.63) is 0 Å². The fraction of sp³-hybridized carbons (Fsp3) is 1.00. The third-order valence-electron chi connectivity index (χ3n) is 3.45. The van der Waals surface area contributed by atoms with Gasteiger partial charge in [-0.2, -0.15) is 0 Å². The van der Waals surface area contributed by atoms with Gasteiger partial charge in [-0.25, -0.2) is 0 Å². The lowest BCUT2D eigenvalue weighted by molar-refractivity contribution is 0.123. The first-order valence-corrected chi connectivity index (χ1v) is 11.9. The molecule has 0 aliphatic rings. The van der Waals surface area contributed by atoms with Crippen molar-refractivity contribution >= 4 is 17.1 Å². The van der Waals surface area contributed by atoms with Gasteiger partial charge in [-0.15, -0.1) is 0 Å². The van der Waals surface area contributed by atoms with Crippen LogP contribution in [0, 0.1) is 0 Å². The zero-order valence-electron chi connectivity index (χ0n) is 13.4. The second kappa shape index (κ2) is 10.0. The summed E-state index contributed by atoms with van der Waals surface area (Å²) in [5.41, 5.74) is 0. The molecule has 0 bridgehead atoms. The first-order valence-electron chi connectivity index (χ1n) is 6.86. The Bertz CT molecular complexity index is 218. The standard InChI is InChI=1S/C12H31NO4Si2/c1-14-18(5,6)11-7-9-13-10-8-12-19(15-2,16-3)17-4/h13H,7-12H2,1-6H3. The summed E-state index contributed by atoms with van der Waals surface area (Å²) in [5, 5.41) is 3.45. The summed E-state index contributed by atoms with van der Waals surface area (Å²) in [6.07, 6.45) is 2.18. The van der Waals surface area contributed by atoms with E-state index in [0.717, 1.165) is 25.6 Å². The predicted octanol–water partition coefficient (Wildman–Crippen LogP) is 2.09. The van der Waals surface area contributed by atoms with Gasteiger partial charge in [0.05, 0.1) is 0 Å². The van der Waals surface area contributed by atoms with E-state index in [1.807, 2.05) is 7.11 Å².